The van der Waals surface area contributed by atoms with Gasteiger partial charge in [-0.05, 0) is 23.3 Å². The van der Waals surface area contributed by atoms with E-state index in [-0.39, 0.29) is 18.1 Å². The summed E-state index contributed by atoms with van der Waals surface area (Å²) in [6.07, 6.45) is 0.624. The summed E-state index contributed by atoms with van der Waals surface area (Å²) in [6.45, 7) is 0.653. The van der Waals surface area contributed by atoms with E-state index in [0.717, 1.165) is 11.3 Å². The second-order valence-electron chi connectivity index (χ2n) is 5.35. The minimum Gasteiger partial charge on any atom is -0.489 e. The van der Waals surface area contributed by atoms with Crippen LogP contribution in [-0.4, -0.2) is 31.8 Å². The highest BCUT2D eigenvalue weighted by molar-refractivity contribution is 5.76. The van der Waals surface area contributed by atoms with E-state index >= 15 is 0 Å². The van der Waals surface area contributed by atoms with Crippen molar-refractivity contribution in [2.24, 2.45) is 0 Å². The topological polar surface area (TPSA) is 47.6 Å². The second-order valence-corrected chi connectivity index (χ2v) is 5.35. The molecule has 0 radical (unpaired) electrons. The zero-order valence-electron chi connectivity index (χ0n) is 12.5. The number of rotatable bonds is 4. The Morgan fingerprint density at radius 2 is 1.73 bits per heavy atom. The van der Waals surface area contributed by atoms with Crippen LogP contribution in [0.2, 0.25) is 0 Å². The van der Waals surface area contributed by atoms with Crippen molar-refractivity contribution < 1.29 is 14.3 Å². The van der Waals surface area contributed by atoms with Crippen molar-refractivity contribution in [2.45, 2.75) is 18.6 Å². The first-order chi connectivity index (χ1) is 10.8. The molecular formula is C18H19NO3. The number of nitrogens with one attached hydrogen (secondary N) is 1. The van der Waals surface area contributed by atoms with Crippen molar-refractivity contribution in [2.75, 3.05) is 13.7 Å². The van der Waals surface area contributed by atoms with Gasteiger partial charge in [0.25, 0.3) is 0 Å². The van der Waals surface area contributed by atoms with E-state index in [1.54, 1.807) is 0 Å². The summed E-state index contributed by atoms with van der Waals surface area (Å²) < 4.78 is 10.7. The lowest BCUT2D eigenvalue weighted by molar-refractivity contribution is -0.142. The first kappa shape index (κ1) is 14.6. The maximum atomic E-state index is 11.5. The number of hydrogen-bond acceptors (Lipinski definition) is 4. The Morgan fingerprint density at radius 3 is 2.41 bits per heavy atom. The standard InChI is InChI=1S/C18H19NO3/c1-21-18(20)17-11-16(12-19-17)22-15-9-7-14(8-10-15)13-5-3-2-4-6-13/h2-10,16-17,19H,11-12H2,1H3/t16-,17-/m0/s1. The molecule has 114 valence electrons. The van der Waals surface area contributed by atoms with Crippen molar-refractivity contribution in [1.82, 2.24) is 5.32 Å². The molecule has 0 unspecified atom stereocenters. The summed E-state index contributed by atoms with van der Waals surface area (Å²) in [5.41, 5.74) is 2.34. The molecule has 4 nitrogen and oxygen atoms in total. The summed E-state index contributed by atoms with van der Waals surface area (Å²) in [6, 6.07) is 18.0. The third-order valence-electron chi connectivity index (χ3n) is 3.84. The van der Waals surface area contributed by atoms with Crippen LogP contribution >= 0.6 is 0 Å². The Bertz CT molecular complexity index is 625. The Labute approximate surface area is 130 Å². The van der Waals surface area contributed by atoms with Gasteiger partial charge in [-0.3, -0.25) is 4.79 Å². The van der Waals surface area contributed by atoms with Crippen LogP contribution in [0.25, 0.3) is 11.1 Å². The van der Waals surface area contributed by atoms with Crippen LogP contribution in [0.4, 0.5) is 0 Å². The largest absolute Gasteiger partial charge is 0.489 e. The quantitative estimate of drug-likeness (QED) is 0.881. The fourth-order valence-corrected chi connectivity index (χ4v) is 2.66. The molecule has 2 aromatic carbocycles. The molecule has 0 aliphatic carbocycles. The molecule has 1 heterocycles. The highest BCUT2D eigenvalue weighted by atomic mass is 16.5. The maximum absolute atomic E-state index is 11.5. The number of carbonyl (C=O) groups is 1. The fraction of sp³-hybridized carbons (Fsp3) is 0.278. The maximum Gasteiger partial charge on any atom is 0.323 e. The molecule has 1 aliphatic rings. The molecule has 1 saturated heterocycles. The van der Waals surface area contributed by atoms with Crippen molar-refractivity contribution in [3.8, 4) is 16.9 Å². The van der Waals surface area contributed by atoms with Gasteiger partial charge < -0.3 is 14.8 Å². The smallest absolute Gasteiger partial charge is 0.323 e. The third-order valence-corrected chi connectivity index (χ3v) is 3.84. The first-order valence-electron chi connectivity index (χ1n) is 7.39. The van der Waals surface area contributed by atoms with E-state index in [9.17, 15) is 4.79 Å². The number of methoxy groups -OCH3 is 1. The molecule has 0 aromatic heterocycles. The van der Waals surface area contributed by atoms with Crippen LogP contribution in [0.5, 0.6) is 5.75 Å². The van der Waals surface area contributed by atoms with Crippen LogP contribution in [0, 0.1) is 0 Å². The average Bonchev–Trinajstić information content (AvgIpc) is 3.04. The van der Waals surface area contributed by atoms with Gasteiger partial charge >= 0.3 is 5.97 Å². The number of esters is 1. The predicted octanol–water partition coefficient (Wildman–Crippen LogP) is 2.64. The average molecular weight is 297 g/mol. The van der Waals surface area contributed by atoms with Crippen LogP contribution in [0.3, 0.4) is 0 Å². The van der Waals surface area contributed by atoms with Gasteiger partial charge in [-0.2, -0.15) is 0 Å². The molecule has 0 amide bonds. The van der Waals surface area contributed by atoms with Crippen LogP contribution in [0.1, 0.15) is 6.42 Å². The van der Waals surface area contributed by atoms with E-state index in [1.807, 2.05) is 42.5 Å². The van der Waals surface area contributed by atoms with Crippen molar-refractivity contribution in [3.05, 3.63) is 54.6 Å². The molecule has 2 aromatic rings. The minimum absolute atomic E-state index is 0.00771. The van der Waals surface area contributed by atoms with Crippen molar-refractivity contribution >= 4 is 5.97 Å². The van der Waals surface area contributed by atoms with E-state index in [0.29, 0.717) is 13.0 Å². The normalized spacial score (nSPS) is 20.6. The summed E-state index contributed by atoms with van der Waals surface area (Å²) in [7, 11) is 1.40. The molecule has 0 saturated carbocycles. The third kappa shape index (κ3) is 3.28. The monoisotopic (exact) mass is 297 g/mol. The molecule has 1 aliphatic heterocycles. The SMILES string of the molecule is COC(=O)[C@@H]1C[C@H](Oc2ccc(-c3ccccc3)cc2)CN1. The fourth-order valence-electron chi connectivity index (χ4n) is 2.66. The predicted molar refractivity (Wildman–Crippen MR) is 84.7 cm³/mol. The Kier molecular flexibility index (Phi) is 4.39. The summed E-state index contributed by atoms with van der Waals surface area (Å²) in [5.74, 6) is 0.586. The number of benzene rings is 2. The summed E-state index contributed by atoms with van der Waals surface area (Å²) in [5, 5.41) is 3.12. The Balaban J connectivity index is 1.61. The zero-order valence-corrected chi connectivity index (χ0v) is 12.5. The van der Waals surface area contributed by atoms with Gasteiger partial charge in [-0.25, -0.2) is 0 Å². The molecule has 0 bridgehead atoms. The van der Waals surface area contributed by atoms with Crippen LogP contribution in [0.15, 0.2) is 54.6 Å². The number of hydrogen-bond donors (Lipinski definition) is 1. The number of ether oxygens (including phenoxy) is 2. The summed E-state index contributed by atoms with van der Waals surface area (Å²) >= 11 is 0. The van der Waals surface area contributed by atoms with Gasteiger partial charge in [0.2, 0.25) is 0 Å². The van der Waals surface area contributed by atoms with Gasteiger partial charge in [0, 0.05) is 13.0 Å². The lowest BCUT2D eigenvalue weighted by Crippen LogP contribution is -2.31. The van der Waals surface area contributed by atoms with Crippen LogP contribution < -0.4 is 10.1 Å². The highest BCUT2D eigenvalue weighted by Gasteiger charge is 2.31. The van der Waals surface area contributed by atoms with E-state index in [4.69, 9.17) is 9.47 Å². The highest BCUT2D eigenvalue weighted by Crippen LogP contribution is 2.24. The molecule has 1 fully saturated rings. The summed E-state index contributed by atoms with van der Waals surface area (Å²) in [4.78, 5) is 11.5. The molecule has 0 spiro atoms. The molecular weight excluding hydrogens is 278 g/mol. The van der Waals surface area contributed by atoms with Gasteiger partial charge in [-0.1, -0.05) is 42.5 Å². The lowest BCUT2D eigenvalue weighted by Gasteiger charge is -2.13. The zero-order chi connectivity index (χ0) is 15.4. The van der Waals surface area contributed by atoms with Gasteiger partial charge in [-0.15, -0.1) is 0 Å². The van der Waals surface area contributed by atoms with Gasteiger partial charge in [0.15, 0.2) is 0 Å². The van der Waals surface area contributed by atoms with Gasteiger partial charge in [0.1, 0.15) is 17.9 Å². The van der Waals surface area contributed by atoms with Crippen molar-refractivity contribution in [3.63, 3.8) is 0 Å². The van der Waals surface area contributed by atoms with E-state index in [2.05, 4.69) is 17.4 Å². The van der Waals surface area contributed by atoms with Crippen molar-refractivity contribution in [1.29, 1.82) is 0 Å². The minimum atomic E-state index is -0.265. The molecule has 2 atom stereocenters. The lowest BCUT2D eigenvalue weighted by atomic mass is 10.1. The number of carbonyl (C=O) groups excluding carboxylic acids is 1. The first-order valence-corrected chi connectivity index (χ1v) is 7.39. The molecule has 1 N–H and O–H groups in total. The van der Waals surface area contributed by atoms with Crippen LogP contribution in [-0.2, 0) is 9.53 Å². The van der Waals surface area contributed by atoms with E-state index < -0.39 is 0 Å². The molecule has 22 heavy (non-hydrogen) atoms. The Hall–Kier alpha value is -2.33. The Morgan fingerprint density at radius 1 is 1.05 bits per heavy atom. The molecule has 4 heteroatoms. The second kappa shape index (κ2) is 6.62. The van der Waals surface area contributed by atoms with Gasteiger partial charge in [0.05, 0.1) is 7.11 Å². The van der Waals surface area contributed by atoms with E-state index in [1.165, 1.54) is 12.7 Å². The molecule has 3 rings (SSSR count).